The molecule has 1 saturated heterocycles. The quantitative estimate of drug-likeness (QED) is 0.211. The summed E-state index contributed by atoms with van der Waals surface area (Å²) in [7, 11) is 1.65. The van der Waals surface area contributed by atoms with Crippen LogP contribution in [0.25, 0.3) is 11.1 Å². The van der Waals surface area contributed by atoms with Crippen LogP contribution in [0.1, 0.15) is 38.6 Å². The van der Waals surface area contributed by atoms with Crippen LogP contribution in [0.3, 0.4) is 0 Å². The van der Waals surface area contributed by atoms with E-state index in [0.29, 0.717) is 60.1 Å². The number of morpholine rings is 1. The van der Waals surface area contributed by atoms with Gasteiger partial charge in [0.15, 0.2) is 0 Å². The van der Waals surface area contributed by atoms with Gasteiger partial charge in [-0.3, -0.25) is 9.58 Å². The SMILES string of the molecule is COCCOc1nn(C2CCC(N3CCOCC3)CC2)cc1Nc1ncc(-c2ccc(Cl)c(O[C@@H](C)Cn3cnnn3)c2)cn1. The fourth-order valence-corrected chi connectivity index (χ4v) is 5.99. The van der Waals surface area contributed by atoms with E-state index in [-0.39, 0.29) is 6.10 Å². The van der Waals surface area contributed by atoms with Gasteiger partial charge in [0.2, 0.25) is 5.95 Å². The molecule has 1 aromatic carbocycles. The van der Waals surface area contributed by atoms with Crippen molar-refractivity contribution < 1.29 is 18.9 Å². The van der Waals surface area contributed by atoms with E-state index < -0.39 is 0 Å². The standard InChI is InChI=1S/C30H39ClN10O4/c1-21(18-40-20-34-37-38-40)45-28-15-22(3-8-26(28)31)23-16-32-30(33-17-23)35-27-19-41(36-29(27)44-14-13-42-2)25-6-4-24(5-7-25)39-9-11-43-12-10-39/h3,8,15-17,19-21,24-25H,4-7,9-14,18H2,1-2H3,(H,32,33,35)/t21-,24?,25?/m0/s1. The summed E-state index contributed by atoms with van der Waals surface area (Å²) in [5.74, 6) is 1.50. The largest absolute Gasteiger partial charge is 0.487 e. The van der Waals surface area contributed by atoms with Crippen LogP contribution in [0, 0.1) is 0 Å². The second-order valence-electron chi connectivity index (χ2n) is 11.3. The smallest absolute Gasteiger partial charge is 0.257 e. The molecular weight excluding hydrogens is 600 g/mol. The van der Waals surface area contributed by atoms with Crippen molar-refractivity contribution in [2.24, 2.45) is 0 Å². The molecular formula is C30H39ClN10O4. The van der Waals surface area contributed by atoms with Crippen LogP contribution < -0.4 is 14.8 Å². The number of aromatic nitrogens is 8. The molecule has 3 aromatic heterocycles. The summed E-state index contributed by atoms with van der Waals surface area (Å²) < 4.78 is 26.4. The molecule has 45 heavy (non-hydrogen) atoms. The third-order valence-corrected chi connectivity index (χ3v) is 8.47. The molecule has 15 heteroatoms. The zero-order valence-corrected chi connectivity index (χ0v) is 26.3. The molecule has 2 aliphatic rings. The third kappa shape index (κ3) is 8.06. The Morgan fingerprint density at radius 3 is 2.56 bits per heavy atom. The molecule has 0 bridgehead atoms. The number of nitrogens with one attached hydrogen (secondary N) is 1. The van der Waals surface area contributed by atoms with Gasteiger partial charge in [-0.25, -0.2) is 14.6 Å². The van der Waals surface area contributed by atoms with E-state index >= 15 is 0 Å². The van der Waals surface area contributed by atoms with Gasteiger partial charge in [-0.15, -0.1) is 10.2 Å². The third-order valence-electron chi connectivity index (χ3n) is 8.15. The number of benzene rings is 1. The molecule has 1 saturated carbocycles. The van der Waals surface area contributed by atoms with Crippen molar-refractivity contribution in [2.45, 2.75) is 57.3 Å². The number of tetrazole rings is 1. The maximum atomic E-state index is 6.44. The van der Waals surface area contributed by atoms with E-state index in [1.54, 1.807) is 36.6 Å². The van der Waals surface area contributed by atoms with Crippen molar-refractivity contribution in [3.8, 4) is 22.8 Å². The van der Waals surface area contributed by atoms with Gasteiger partial charge in [-0.2, -0.15) is 0 Å². The van der Waals surface area contributed by atoms with Gasteiger partial charge in [0.1, 0.15) is 30.5 Å². The van der Waals surface area contributed by atoms with E-state index in [4.69, 9.17) is 35.6 Å². The Bertz CT molecular complexity index is 1490. The lowest BCUT2D eigenvalue weighted by Gasteiger charge is -2.38. The number of hydrogen-bond acceptors (Lipinski definition) is 12. The number of methoxy groups -OCH3 is 1. The van der Waals surface area contributed by atoms with Crippen molar-refractivity contribution in [2.75, 3.05) is 51.9 Å². The highest BCUT2D eigenvalue weighted by Gasteiger charge is 2.29. The van der Waals surface area contributed by atoms with Crippen molar-refractivity contribution in [3.63, 3.8) is 0 Å². The van der Waals surface area contributed by atoms with Crippen LogP contribution >= 0.6 is 11.6 Å². The summed E-state index contributed by atoms with van der Waals surface area (Å²) in [5.41, 5.74) is 2.41. The van der Waals surface area contributed by atoms with Crippen molar-refractivity contribution in [1.82, 2.24) is 44.9 Å². The number of anilines is 2. The van der Waals surface area contributed by atoms with E-state index in [1.165, 1.54) is 0 Å². The Morgan fingerprint density at radius 1 is 1.04 bits per heavy atom. The monoisotopic (exact) mass is 638 g/mol. The highest BCUT2D eigenvalue weighted by molar-refractivity contribution is 6.32. The average Bonchev–Trinajstić information content (AvgIpc) is 3.73. The first kappa shape index (κ1) is 31.1. The van der Waals surface area contributed by atoms with Gasteiger partial charge < -0.3 is 24.3 Å². The zero-order chi connectivity index (χ0) is 31.0. The molecule has 14 nitrogen and oxygen atoms in total. The lowest BCUT2D eigenvalue weighted by atomic mass is 9.90. The Hall–Kier alpha value is -3.85. The molecule has 1 N–H and O–H groups in total. The topological polar surface area (TPSA) is 139 Å². The van der Waals surface area contributed by atoms with E-state index in [2.05, 4.69) is 35.7 Å². The van der Waals surface area contributed by atoms with Crippen molar-refractivity contribution in [1.29, 1.82) is 0 Å². The Kier molecular flexibility index (Phi) is 10.4. The number of hydrogen-bond donors (Lipinski definition) is 1. The molecule has 6 rings (SSSR count). The molecule has 1 aliphatic heterocycles. The fraction of sp³-hybridized carbons (Fsp3) is 0.533. The molecule has 0 spiro atoms. The average molecular weight is 639 g/mol. The van der Waals surface area contributed by atoms with Crippen LogP contribution in [0.15, 0.2) is 43.1 Å². The molecule has 0 amide bonds. The Labute approximate surface area is 267 Å². The predicted octanol–water partition coefficient (Wildman–Crippen LogP) is 4.03. The summed E-state index contributed by atoms with van der Waals surface area (Å²) in [6, 6.07) is 6.51. The van der Waals surface area contributed by atoms with Gasteiger partial charge in [0, 0.05) is 44.2 Å². The highest BCUT2D eigenvalue weighted by Crippen LogP contribution is 2.35. The highest BCUT2D eigenvalue weighted by atomic mass is 35.5. The molecule has 240 valence electrons. The second kappa shape index (κ2) is 15.0. The van der Waals surface area contributed by atoms with E-state index in [0.717, 1.165) is 63.1 Å². The van der Waals surface area contributed by atoms with Crippen LogP contribution in [-0.2, 0) is 16.0 Å². The number of ether oxygens (including phenoxy) is 4. The molecule has 0 unspecified atom stereocenters. The molecule has 1 atom stereocenters. The molecule has 0 radical (unpaired) electrons. The van der Waals surface area contributed by atoms with E-state index in [9.17, 15) is 0 Å². The van der Waals surface area contributed by atoms with Gasteiger partial charge in [-0.1, -0.05) is 17.7 Å². The summed E-state index contributed by atoms with van der Waals surface area (Å²) in [5, 5.41) is 19.8. The van der Waals surface area contributed by atoms with Crippen LogP contribution in [0.4, 0.5) is 11.6 Å². The Balaban J connectivity index is 1.11. The van der Waals surface area contributed by atoms with Crippen molar-refractivity contribution in [3.05, 3.63) is 48.1 Å². The van der Waals surface area contributed by atoms with Gasteiger partial charge in [0.05, 0.1) is 43.6 Å². The molecule has 4 aromatic rings. The van der Waals surface area contributed by atoms with Crippen molar-refractivity contribution >= 4 is 23.2 Å². The van der Waals surface area contributed by atoms with Crippen LogP contribution in [0.2, 0.25) is 5.02 Å². The first-order valence-corrected chi connectivity index (χ1v) is 15.7. The normalized spacial score (nSPS) is 19.7. The zero-order valence-electron chi connectivity index (χ0n) is 25.6. The summed E-state index contributed by atoms with van der Waals surface area (Å²) in [6.45, 7) is 6.98. The lowest BCUT2D eigenvalue weighted by molar-refractivity contribution is 0.00502. The Morgan fingerprint density at radius 2 is 1.82 bits per heavy atom. The van der Waals surface area contributed by atoms with Gasteiger partial charge in [-0.05, 0) is 60.7 Å². The summed E-state index contributed by atoms with van der Waals surface area (Å²) in [6.07, 6.45) is 11.3. The predicted molar refractivity (Wildman–Crippen MR) is 167 cm³/mol. The summed E-state index contributed by atoms with van der Waals surface area (Å²) in [4.78, 5) is 11.7. The van der Waals surface area contributed by atoms with Gasteiger partial charge in [0.25, 0.3) is 5.88 Å². The minimum absolute atomic E-state index is 0.204. The summed E-state index contributed by atoms with van der Waals surface area (Å²) >= 11 is 6.44. The fourth-order valence-electron chi connectivity index (χ4n) is 5.82. The number of nitrogens with zero attached hydrogens (tertiary/aromatic N) is 9. The maximum absolute atomic E-state index is 6.44. The minimum atomic E-state index is -0.204. The lowest BCUT2D eigenvalue weighted by Crippen LogP contribution is -2.45. The van der Waals surface area contributed by atoms with Gasteiger partial charge >= 0.3 is 0 Å². The first-order chi connectivity index (χ1) is 22.1. The maximum Gasteiger partial charge on any atom is 0.257 e. The van der Waals surface area contributed by atoms with E-state index in [1.807, 2.05) is 29.9 Å². The number of halogens is 1. The first-order valence-electron chi connectivity index (χ1n) is 15.3. The number of rotatable bonds is 13. The van der Waals surface area contributed by atoms with Crippen LogP contribution in [-0.4, -0.2) is 104 Å². The minimum Gasteiger partial charge on any atom is -0.487 e. The molecule has 4 heterocycles. The second-order valence-corrected chi connectivity index (χ2v) is 11.7. The molecule has 1 aliphatic carbocycles. The van der Waals surface area contributed by atoms with Crippen LogP contribution in [0.5, 0.6) is 11.6 Å². The molecule has 2 fully saturated rings.